The fourth-order valence-electron chi connectivity index (χ4n) is 2.56. The second-order valence-electron chi connectivity index (χ2n) is 5.48. The van der Waals surface area contributed by atoms with E-state index in [-0.39, 0.29) is 25.5 Å². The number of aliphatic carboxylic acids is 1. The second kappa shape index (κ2) is 6.59. The second-order valence-corrected chi connectivity index (χ2v) is 7.38. The predicted octanol–water partition coefficient (Wildman–Crippen LogP) is 2.10. The van der Waals surface area contributed by atoms with Gasteiger partial charge in [-0.25, -0.2) is 8.42 Å². The minimum Gasteiger partial charge on any atom is -0.481 e. The number of hydrogen-bond acceptors (Lipinski definition) is 5. The van der Waals surface area contributed by atoms with Crippen molar-refractivity contribution in [1.82, 2.24) is 4.31 Å². The lowest BCUT2D eigenvalue weighted by Crippen LogP contribution is -2.42. The number of carboxylic acids is 1. The van der Waals surface area contributed by atoms with E-state index in [4.69, 9.17) is 5.11 Å². The summed E-state index contributed by atoms with van der Waals surface area (Å²) in [6.07, 6.45) is -4.40. The first-order valence-electron chi connectivity index (χ1n) is 7.03. The molecule has 1 saturated heterocycles. The van der Waals surface area contributed by atoms with Crippen LogP contribution in [-0.2, 0) is 21.0 Å². The Morgan fingerprint density at radius 2 is 2.00 bits per heavy atom. The minimum absolute atomic E-state index is 0.0652. The zero-order chi connectivity index (χ0) is 19.0. The van der Waals surface area contributed by atoms with Crippen LogP contribution in [0.3, 0.4) is 0 Å². The van der Waals surface area contributed by atoms with Gasteiger partial charge in [0.05, 0.1) is 16.4 Å². The zero-order valence-electron chi connectivity index (χ0n) is 12.6. The lowest BCUT2D eigenvalue weighted by molar-refractivity contribution is -0.388. The molecule has 0 aliphatic carbocycles. The van der Waals surface area contributed by atoms with E-state index >= 15 is 0 Å². The number of nitro groups is 1. The molecule has 0 saturated carbocycles. The van der Waals surface area contributed by atoms with Crippen LogP contribution in [0.4, 0.5) is 18.9 Å². The molecule has 1 fully saturated rings. The number of halogens is 3. The van der Waals surface area contributed by atoms with Gasteiger partial charge in [-0.15, -0.1) is 0 Å². The Kier molecular flexibility index (Phi) is 5.04. The number of nitro benzene ring substituents is 1. The molecule has 0 bridgehead atoms. The van der Waals surface area contributed by atoms with Gasteiger partial charge in [0, 0.05) is 19.2 Å². The highest BCUT2D eigenvalue weighted by atomic mass is 32.2. The molecule has 1 aromatic carbocycles. The predicted molar refractivity (Wildman–Crippen MR) is 77.2 cm³/mol. The van der Waals surface area contributed by atoms with Gasteiger partial charge in [-0.05, 0) is 25.0 Å². The molecule has 1 atom stereocenters. The number of carboxylic acid groups (broad SMARTS) is 1. The van der Waals surface area contributed by atoms with E-state index in [0.717, 1.165) is 4.31 Å². The van der Waals surface area contributed by atoms with Crippen molar-refractivity contribution in [3.05, 3.63) is 33.9 Å². The molecule has 1 aromatic rings. The van der Waals surface area contributed by atoms with Crippen molar-refractivity contribution < 1.29 is 36.4 Å². The largest absolute Gasteiger partial charge is 0.481 e. The normalized spacial score (nSPS) is 19.6. The fourth-order valence-corrected chi connectivity index (χ4v) is 4.22. The van der Waals surface area contributed by atoms with Gasteiger partial charge in [0.2, 0.25) is 10.0 Å². The maximum Gasteiger partial charge on any atom is 0.416 e. The summed E-state index contributed by atoms with van der Waals surface area (Å²) in [5.74, 6) is -2.18. The van der Waals surface area contributed by atoms with Gasteiger partial charge in [0.15, 0.2) is 4.90 Å². The van der Waals surface area contributed by atoms with Crippen molar-refractivity contribution in [3.8, 4) is 0 Å². The summed E-state index contributed by atoms with van der Waals surface area (Å²) in [6.45, 7) is -0.458. The Bertz CT molecular complexity index is 808. The maximum absolute atomic E-state index is 12.7. The standard InChI is InChI=1S/C13H13F3N2O6S/c14-13(15,16)9-3-4-11(10(6-9)18(21)22)25(23,24)17-5-1-2-8(7-17)12(19)20/h3-4,6,8H,1-2,5,7H2,(H,19,20). The van der Waals surface area contributed by atoms with E-state index in [2.05, 4.69) is 0 Å². The quantitative estimate of drug-likeness (QED) is 0.629. The van der Waals surface area contributed by atoms with Gasteiger partial charge in [0.1, 0.15) is 0 Å². The number of nitrogens with zero attached hydrogens (tertiary/aromatic N) is 2. The monoisotopic (exact) mass is 382 g/mol. The molecule has 1 unspecified atom stereocenters. The van der Waals surface area contributed by atoms with Crippen molar-refractivity contribution >= 4 is 21.7 Å². The molecule has 1 heterocycles. The van der Waals surface area contributed by atoms with E-state index in [1.54, 1.807) is 0 Å². The zero-order valence-corrected chi connectivity index (χ0v) is 13.4. The molecule has 12 heteroatoms. The molecule has 1 N–H and O–H groups in total. The highest BCUT2D eigenvalue weighted by Gasteiger charge is 2.39. The van der Waals surface area contributed by atoms with Gasteiger partial charge < -0.3 is 5.11 Å². The number of alkyl halides is 3. The Labute approximate surface area is 140 Å². The van der Waals surface area contributed by atoms with Gasteiger partial charge in [-0.3, -0.25) is 14.9 Å². The molecule has 25 heavy (non-hydrogen) atoms. The van der Waals surface area contributed by atoms with Crippen molar-refractivity contribution in [2.75, 3.05) is 13.1 Å². The Balaban J connectivity index is 2.48. The van der Waals surface area contributed by atoms with Crippen LogP contribution in [0.2, 0.25) is 0 Å². The topological polar surface area (TPSA) is 118 Å². The lowest BCUT2D eigenvalue weighted by atomic mass is 10.0. The Morgan fingerprint density at radius 3 is 2.52 bits per heavy atom. The fraction of sp³-hybridized carbons (Fsp3) is 0.462. The van der Waals surface area contributed by atoms with Gasteiger partial charge in [-0.1, -0.05) is 0 Å². The first-order valence-corrected chi connectivity index (χ1v) is 8.47. The van der Waals surface area contributed by atoms with Crippen LogP contribution in [0.5, 0.6) is 0 Å². The molecular formula is C13H13F3N2O6S. The molecule has 0 radical (unpaired) electrons. The van der Waals surface area contributed by atoms with E-state index in [9.17, 15) is 36.5 Å². The summed E-state index contributed by atoms with van der Waals surface area (Å²) in [6, 6.07) is 1.13. The van der Waals surface area contributed by atoms with Crippen LogP contribution in [0, 0.1) is 16.0 Å². The number of hydrogen-bond donors (Lipinski definition) is 1. The van der Waals surface area contributed by atoms with Crippen molar-refractivity contribution in [3.63, 3.8) is 0 Å². The van der Waals surface area contributed by atoms with Crippen LogP contribution in [-0.4, -0.2) is 41.8 Å². The van der Waals surface area contributed by atoms with Crippen molar-refractivity contribution in [2.45, 2.75) is 23.9 Å². The van der Waals surface area contributed by atoms with Gasteiger partial charge >= 0.3 is 12.1 Å². The molecular weight excluding hydrogens is 369 g/mol. The lowest BCUT2D eigenvalue weighted by Gasteiger charge is -2.29. The average Bonchev–Trinajstić information content (AvgIpc) is 2.53. The third-order valence-electron chi connectivity index (χ3n) is 3.83. The van der Waals surface area contributed by atoms with Gasteiger partial charge in [-0.2, -0.15) is 17.5 Å². The van der Waals surface area contributed by atoms with Crippen LogP contribution in [0.1, 0.15) is 18.4 Å². The number of piperidine rings is 1. The van der Waals surface area contributed by atoms with Crippen LogP contribution < -0.4 is 0 Å². The minimum atomic E-state index is -4.87. The van der Waals surface area contributed by atoms with E-state index in [1.165, 1.54) is 0 Å². The summed E-state index contributed by atoms with van der Waals surface area (Å²) in [5.41, 5.74) is -2.55. The molecule has 0 aromatic heterocycles. The van der Waals surface area contributed by atoms with E-state index in [0.29, 0.717) is 12.1 Å². The van der Waals surface area contributed by atoms with Crippen LogP contribution in [0.25, 0.3) is 0 Å². The molecule has 1 aliphatic rings. The van der Waals surface area contributed by atoms with Crippen LogP contribution >= 0.6 is 0 Å². The van der Waals surface area contributed by atoms with E-state index < -0.39 is 55.7 Å². The van der Waals surface area contributed by atoms with Gasteiger partial charge in [0.25, 0.3) is 5.69 Å². The summed E-state index contributed by atoms with van der Waals surface area (Å²) in [4.78, 5) is 20.0. The number of carbonyl (C=O) groups is 1. The molecule has 1 aliphatic heterocycles. The molecule has 0 amide bonds. The Morgan fingerprint density at radius 1 is 1.36 bits per heavy atom. The average molecular weight is 382 g/mol. The van der Waals surface area contributed by atoms with E-state index in [1.807, 2.05) is 0 Å². The third kappa shape index (κ3) is 3.90. The molecule has 2 rings (SSSR count). The van der Waals surface area contributed by atoms with Crippen molar-refractivity contribution in [1.29, 1.82) is 0 Å². The number of rotatable bonds is 4. The SMILES string of the molecule is O=C(O)C1CCCN(S(=O)(=O)c2ccc(C(F)(F)F)cc2[N+](=O)[O-])C1. The first-order chi connectivity index (χ1) is 11.4. The smallest absolute Gasteiger partial charge is 0.416 e. The van der Waals surface area contributed by atoms with Crippen molar-refractivity contribution in [2.24, 2.45) is 5.92 Å². The first kappa shape index (κ1) is 19.1. The molecule has 0 spiro atoms. The summed E-state index contributed by atoms with van der Waals surface area (Å²) < 4.78 is 64.1. The summed E-state index contributed by atoms with van der Waals surface area (Å²) in [7, 11) is -4.51. The number of sulfonamides is 1. The third-order valence-corrected chi connectivity index (χ3v) is 5.75. The highest BCUT2D eigenvalue weighted by molar-refractivity contribution is 7.89. The Hall–Kier alpha value is -2.21. The summed E-state index contributed by atoms with van der Waals surface area (Å²) >= 11 is 0. The molecule has 138 valence electrons. The number of benzene rings is 1. The molecule has 8 nitrogen and oxygen atoms in total. The van der Waals surface area contributed by atoms with Crippen LogP contribution in [0.15, 0.2) is 23.1 Å². The highest BCUT2D eigenvalue weighted by Crippen LogP contribution is 2.36. The maximum atomic E-state index is 12.7. The summed E-state index contributed by atoms with van der Waals surface area (Å²) in [5, 5.41) is 20.1.